The number of halogens is 2. The highest BCUT2D eigenvalue weighted by Gasteiger charge is 2.23. The maximum absolute atomic E-state index is 13.1. The molecule has 162 valence electrons. The number of likely N-dealkylation sites (tertiary alicyclic amines) is 1. The van der Waals surface area contributed by atoms with Gasteiger partial charge in [-0.15, -0.1) is 0 Å². The predicted molar refractivity (Wildman–Crippen MR) is 122 cm³/mol. The third-order valence-corrected chi connectivity index (χ3v) is 6.46. The number of carbonyl (C=O) groups is 2. The maximum atomic E-state index is 13.1. The minimum Gasteiger partial charge on any atom is -0.352 e. The highest BCUT2D eigenvalue weighted by Crippen LogP contribution is 2.25. The SMILES string of the molecule is O=C(NCCC1CCCN(C(=O)c2cccn3nccc23)CC1)c1c(Cl)cccc1Cl. The van der Waals surface area contributed by atoms with Crippen LogP contribution in [0.2, 0.25) is 10.0 Å². The fourth-order valence-corrected chi connectivity index (χ4v) is 4.72. The molecule has 1 atom stereocenters. The lowest BCUT2D eigenvalue weighted by Crippen LogP contribution is -2.32. The van der Waals surface area contributed by atoms with E-state index >= 15 is 0 Å². The van der Waals surface area contributed by atoms with E-state index in [1.165, 1.54) is 0 Å². The summed E-state index contributed by atoms with van der Waals surface area (Å²) in [5, 5.41) is 7.84. The molecule has 0 radical (unpaired) electrons. The van der Waals surface area contributed by atoms with Gasteiger partial charge in [-0.1, -0.05) is 29.3 Å². The summed E-state index contributed by atoms with van der Waals surface area (Å²) < 4.78 is 1.72. The molecule has 8 heteroatoms. The van der Waals surface area contributed by atoms with Crippen LogP contribution in [0.1, 0.15) is 46.4 Å². The third kappa shape index (κ3) is 4.86. The van der Waals surface area contributed by atoms with Crippen molar-refractivity contribution in [2.75, 3.05) is 19.6 Å². The molecule has 1 saturated heterocycles. The molecule has 3 aromatic rings. The van der Waals surface area contributed by atoms with Crippen molar-refractivity contribution in [1.82, 2.24) is 19.8 Å². The molecule has 1 unspecified atom stereocenters. The molecule has 1 aliphatic heterocycles. The Balaban J connectivity index is 1.31. The van der Waals surface area contributed by atoms with E-state index in [4.69, 9.17) is 23.2 Å². The Morgan fingerprint density at radius 2 is 1.87 bits per heavy atom. The fraction of sp³-hybridized carbons (Fsp3) is 0.348. The molecule has 31 heavy (non-hydrogen) atoms. The zero-order valence-corrected chi connectivity index (χ0v) is 18.6. The molecule has 3 heterocycles. The van der Waals surface area contributed by atoms with Crippen molar-refractivity contribution < 1.29 is 9.59 Å². The van der Waals surface area contributed by atoms with E-state index in [0.717, 1.165) is 37.7 Å². The molecular weight excluding hydrogens is 435 g/mol. The summed E-state index contributed by atoms with van der Waals surface area (Å²) in [6.07, 6.45) is 7.29. The summed E-state index contributed by atoms with van der Waals surface area (Å²) in [6.45, 7) is 2.00. The molecule has 6 nitrogen and oxygen atoms in total. The van der Waals surface area contributed by atoms with Gasteiger partial charge in [0.25, 0.3) is 11.8 Å². The molecule has 0 spiro atoms. The molecule has 1 aliphatic rings. The van der Waals surface area contributed by atoms with Crippen molar-refractivity contribution in [1.29, 1.82) is 0 Å². The Hall–Kier alpha value is -2.57. The fourth-order valence-electron chi connectivity index (χ4n) is 4.15. The third-order valence-electron chi connectivity index (χ3n) is 5.83. The van der Waals surface area contributed by atoms with Crippen LogP contribution in [0.25, 0.3) is 5.52 Å². The van der Waals surface area contributed by atoms with Crippen molar-refractivity contribution in [3.05, 3.63) is 70.0 Å². The van der Waals surface area contributed by atoms with Crippen molar-refractivity contribution in [3.8, 4) is 0 Å². The Labute approximate surface area is 191 Å². The summed E-state index contributed by atoms with van der Waals surface area (Å²) in [7, 11) is 0. The van der Waals surface area contributed by atoms with Crippen molar-refractivity contribution >= 4 is 40.5 Å². The van der Waals surface area contributed by atoms with Crippen LogP contribution in [0.4, 0.5) is 0 Å². The first-order valence-electron chi connectivity index (χ1n) is 10.5. The summed E-state index contributed by atoms with van der Waals surface area (Å²) >= 11 is 12.2. The van der Waals surface area contributed by atoms with Crippen LogP contribution in [0, 0.1) is 5.92 Å². The Bertz CT molecular complexity index is 1080. The number of hydrogen-bond donors (Lipinski definition) is 1. The van der Waals surface area contributed by atoms with Crippen LogP contribution in [-0.2, 0) is 0 Å². The van der Waals surface area contributed by atoms with E-state index in [0.29, 0.717) is 40.2 Å². The van der Waals surface area contributed by atoms with Crippen molar-refractivity contribution in [2.45, 2.75) is 25.7 Å². The van der Waals surface area contributed by atoms with E-state index in [2.05, 4.69) is 10.4 Å². The quantitative estimate of drug-likeness (QED) is 0.602. The van der Waals surface area contributed by atoms with Gasteiger partial charge in [-0.25, -0.2) is 4.52 Å². The number of amides is 2. The normalized spacial score (nSPS) is 16.8. The Kier molecular flexibility index (Phi) is 6.78. The number of pyridine rings is 1. The highest BCUT2D eigenvalue weighted by molar-refractivity contribution is 6.39. The molecule has 1 fully saturated rings. The highest BCUT2D eigenvalue weighted by atomic mass is 35.5. The smallest absolute Gasteiger partial charge is 0.256 e. The molecule has 4 rings (SSSR count). The minimum absolute atomic E-state index is 0.0495. The lowest BCUT2D eigenvalue weighted by atomic mass is 9.97. The second kappa shape index (κ2) is 9.71. The average molecular weight is 459 g/mol. The second-order valence-electron chi connectivity index (χ2n) is 7.81. The minimum atomic E-state index is -0.255. The van der Waals surface area contributed by atoms with Gasteiger partial charge in [0.1, 0.15) is 0 Å². The molecule has 1 aromatic carbocycles. The number of nitrogens with zero attached hydrogens (tertiary/aromatic N) is 3. The first kappa shape index (κ1) is 21.7. The van der Waals surface area contributed by atoms with Gasteiger partial charge in [-0.2, -0.15) is 5.10 Å². The van der Waals surface area contributed by atoms with Crippen molar-refractivity contribution in [3.63, 3.8) is 0 Å². The van der Waals surface area contributed by atoms with Crippen LogP contribution < -0.4 is 5.32 Å². The zero-order valence-electron chi connectivity index (χ0n) is 17.1. The molecule has 0 bridgehead atoms. The number of fused-ring (bicyclic) bond motifs is 1. The largest absolute Gasteiger partial charge is 0.352 e. The average Bonchev–Trinajstić information content (AvgIpc) is 3.12. The van der Waals surface area contributed by atoms with Crippen LogP contribution in [0.15, 0.2) is 48.8 Å². The Morgan fingerprint density at radius 3 is 2.68 bits per heavy atom. The van der Waals surface area contributed by atoms with Gasteiger partial charge in [-0.3, -0.25) is 9.59 Å². The van der Waals surface area contributed by atoms with E-state index < -0.39 is 0 Å². The van der Waals surface area contributed by atoms with E-state index in [9.17, 15) is 9.59 Å². The molecular formula is C23H24Cl2N4O2. The summed E-state index contributed by atoms with van der Waals surface area (Å²) in [5.41, 5.74) is 1.83. The number of benzene rings is 1. The summed E-state index contributed by atoms with van der Waals surface area (Å²) in [5.74, 6) is 0.244. The second-order valence-corrected chi connectivity index (χ2v) is 8.63. The van der Waals surface area contributed by atoms with Crippen LogP contribution >= 0.6 is 23.2 Å². The monoisotopic (exact) mass is 458 g/mol. The van der Waals surface area contributed by atoms with Gasteiger partial charge in [0.2, 0.25) is 0 Å². The first-order chi connectivity index (χ1) is 15.0. The molecule has 0 saturated carbocycles. The number of nitrogens with one attached hydrogen (secondary N) is 1. The Morgan fingerprint density at radius 1 is 1.06 bits per heavy atom. The van der Waals surface area contributed by atoms with E-state index in [1.807, 2.05) is 29.3 Å². The number of hydrogen-bond acceptors (Lipinski definition) is 3. The summed E-state index contributed by atoms with van der Waals surface area (Å²) in [4.78, 5) is 27.5. The van der Waals surface area contributed by atoms with Gasteiger partial charge < -0.3 is 10.2 Å². The standard InChI is InChI=1S/C23H24Cl2N4O2/c24-18-6-1-7-19(25)21(18)22(30)26-11-8-16-4-2-13-28(15-10-16)23(31)17-5-3-14-29-20(17)9-12-27-29/h1,3,5-7,9,12,14,16H,2,4,8,10-11,13,15H2,(H,26,30). The number of aromatic nitrogens is 2. The van der Waals surface area contributed by atoms with Gasteiger partial charge in [-0.05, 0) is 61.9 Å². The molecule has 2 aromatic heterocycles. The van der Waals surface area contributed by atoms with Gasteiger partial charge in [0.15, 0.2) is 0 Å². The first-order valence-corrected chi connectivity index (χ1v) is 11.2. The predicted octanol–water partition coefficient (Wildman–Crippen LogP) is 4.70. The topological polar surface area (TPSA) is 66.7 Å². The van der Waals surface area contributed by atoms with Crippen LogP contribution in [0.5, 0.6) is 0 Å². The number of carbonyl (C=O) groups excluding carboxylic acids is 2. The maximum Gasteiger partial charge on any atom is 0.256 e. The van der Waals surface area contributed by atoms with Gasteiger partial charge >= 0.3 is 0 Å². The van der Waals surface area contributed by atoms with Gasteiger partial charge in [0.05, 0.1) is 32.9 Å². The molecule has 0 aliphatic carbocycles. The van der Waals surface area contributed by atoms with Crippen LogP contribution in [0.3, 0.4) is 0 Å². The lowest BCUT2D eigenvalue weighted by molar-refractivity contribution is 0.0761. The number of rotatable bonds is 5. The zero-order chi connectivity index (χ0) is 21.8. The van der Waals surface area contributed by atoms with E-state index in [1.54, 1.807) is 28.9 Å². The molecule has 1 N–H and O–H groups in total. The van der Waals surface area contributed by atoms with Crippen molar-refractivity contribution in [2.24, 2.45) is 5.92 Å². The lowest BCUT2D eigenvalue weighted by Gasteiger charge is -2.21. The summed E-state index contributed by atoms with van der Waals surface area (Å²) in [6, 6.07) is 10.6. The van der Waals surface area contributed by atoms with Crippen LogP contribution in [-0.4, -0.2) is 46.0 Å². The van der Waals surface area contributed by atoms with Gasteiger partial charge in [0, 0.05) is 25.8 Å². The molecule has 2 amide bonds. The van der Waals surface area contributed by atoms with E-state index in [-0.39, 0.29) is 11.8 Å².